The van der Waals surface area contributed by atoms with Crippen LogP contribution in [0.3, 0.4) is 0 Å². The topological polar surface area (TPSA) is 107 Å². The molecular formula is C29H30F2N8OS. The number of hydrogen-bond donors (Lipinski definition) is 1. The lowest BCUT2D eigenvalue weighted by Crippen LogP contribution is -2.57. The highest BCUT2D eigenvalue weighted by Gasteiger charge is 2.36. The maximum absolute atomic E-state index is 16.6. The number of anilines is 2. The standard InChI is InChI=1S/C29H30F2N8OS/c1-14-9-39(10-15(2)37(14)3)16-4-5-38(11-16)29-35-7-18-19-12-40-13-20(19)22(24(31)25(18)36-29)26-23-17(6-32)28(33)41-27(23)21(30)8-34-26/h7-8,14-16H,4-5,9-13,33H2,1-3H3/t14-,15+,16-/m1/s1. The van der Waals surface area contributed by atoms with Gasteiger partial charge in [-0.05, 0) is 38.4 Å². The van der Waals surface area contributed by atoms with Crippen LogP contribution in [0.25, 0.3) is 32.2 Å². The van der Waals surface area contributed by atoms with Crippen LogP contribution in [0, 0.1) is 23.0 Å². The Morgan fingerprint density at radius 3 is 2.61 bits per heavy atom. The van der Waals surface area contributed by atoms with Gasteiger partial charge in [0.1, 0.15) is 16.6 Å². The van der Waals surface area contributed by atoms with Crippen molar-refractivity contribution in [1.29, 1.82) is 5.26 Å². The molecule has 2 saturated heterocycles. The van der Waals surface area contributed by atoms with Gasteiger partial charge in [-0.25, -0.2) is 18.7 Å². The normalized spacial score (nSPS) is 23.5. The Hall–Kier alpha value is -3.50. The fourth-order valence-corrected chi connectivity index (χ4v) is 7.58. The number of nitrogens with zero attached hydrogens (tertiary/aromatic N) is 7. The smallest absolute Gasteiger partial charge is 0.226 e. The summed E-state index contributed by atoms with van der Waals surface area (Å²) in [6, 6.07) is 3.39. The van der Waals surface area contributed by atoms with Gasteiger partial charge < -0.3 is 15.4 Å². The van der Waals surface area contributed by atoms with Crippen LogP contribution in [-0.2, 0) is 18.0 Å². The molecule has 0 saturated carbocycles. The van der Waals surface area contributed by atoms with Gasteiger partial charge in [-0.2, -0.15) is 5.26 Å². The van der Waals surface area contributed by atoms with E-state index < -0.39 is 11.6 Å². The fraction of sp³-hybridized carbons (Fsp3) is 0.448. The van der Waals surface area contributed by atoms with Crippen molar-refractivity contribution in [2.45, 2.75) is 51.6 Å². The summed E-state index contributed by atoms with van der Waals surface area (Å²) in [7, 11) is 2.18. The summed E-state index contributed by atoms with van der Waals surface area (Å²) in [5.41, 5.74) is 8.05. The number of piperazine rings is 1. The Balaban J connectivity index is 1.31. The molecule has 0 unspecified atom stereocenters. The van der Waals surface area contributed by atoms with E-state index in [1.165, 1.54) is 0 Å². The van der Waals surface area contributed by atoms with Crippen LogP contribution in [0.2, 0.25) is 0 Å². The molecule has 0 bridgehead atoms. The molecule has 3 atom stereocenters. The highest BCUT2D eigenvalue weighted by molar-refractivity contribution is 7.23. The number of nitriles is 1. The second kappa shape index (κ2) is 9.80. The molecular weight excluding hydrogens is 546 g/mol. The first-order valence-electron chi connectivity index (χ1n) is 13.8. The number of benzene rings is 1. The van der Waals surface area contributed by atoms with Crippen molar-refractivity contribution < 1.29 is 13.5 Å². The number of thiophene rings is 1. The summed E-state index contributed by atoms with van der Waals surface area (Å²) in [6.07, 6.45) is 3.73. The van der Waals surface area contributed by atoms with Gasteiger partial charge in [0.25, 0.3) is 0 Å². The molecule has 41 heavy (non-hydrogen) atoms. The average molecular weight is 577 g/mol. The van der Waals surface area contributed by atoms with Gasteiger partial charge in [-0.15, -0.1) is 11.3 Å². The summed E-state index contributed by atoms with van der Waals surface area (Å²) in [5, 5.41) is 10.8. The van der Waals surface area contributed by atoms with Gasteiger partial charge in [-0.1, -0.05) is 0 Å². The van der Waals surface area contributed by atoms with Crippen molar-refractivity contribution in [3.63, 3.8) is 0 Å². The molecule has 3 aliphatic heterocycles. The monoisotopic (exact) mass is 576 g/mol. The molecule has 212 valence electrons. The predicted molar refractivity (Wildman–Crippen MR) is 155 cm³/mol. The number of pyridine rings is 1. The number of halogens is 2. The molecule has 2 fully saturated rings. The quantitative estimate of drug-likeness (QED) is 0.383. The first-order chi connectivity index (χ1) is 19.8. The van der Waals surface area contributed by atoms with Crippen LogP contribution >= 0.6 is 11.3 Å². The van der Waals surface area contributed by atoms with Crippen molar-refractivity contribution in [2.24, 2.45) is 0 Å². The number of aromatic nitrogens is 3. The second-order valence-electron chi connectivity index (χ2n) is 11.4. The van der Waals surface area contributed by atoms with E-state index in [2.05, 4.69) is 51.6 Å². The molecule has 12 heteroatoms. The minimum absolute atomic E-state index is 0.0955. The van der Waals surface area contributed by atoms with Gasteiger partial charge in [0, 0.05) is 66.8 Å². The Labute approximate surface area is 240 Å². The molecule has 6 heterocycles. The third-order valence-corrected chi connectivity index (χ3v) is 10.1. The molecule has 0 aliphatic carbocycles. The van der Waals surface area contributed by atoms with E-state index in [1.807, 2.05) is 0 Å². The lowest BCUT2D eigenvalue weighted by atomic mass is 9.94. The first-order valence-corrected chi connectivity index (χ1v) is 14.6. The van der Waals surface area contributed by atoms with E-state index in [1.54, 1.807) is 6.20 Å². The second-order valence-corrected chi connectivity index (χ2v) is 12.4. The predicted octanol–water partition coefficient (Wildman–Crippen LogP) is 4.27. The van der Waals surface area contributed by atoms with Gasteiger partial charge in [0.15, 0.2) is 11.6 Å². The highest BCUT2D eigenvalue weighted by Crippen LogP contribution is 2.45. The Morgan fingerprint density at radius 1 is 1.10 bits per heavy atom. The molecule has 0 spiro atoms. The zero-order valence-corrected chi connectivity index (χ0v) is 23.9. The van der Waals surface area contributed by atoms with Crippen molar-refractivity contribution >= 4 is 43.3 Å². The summed E-state index contributed by atoms with van der Waals surface area (Å²) in [6.45, 7) is 8.55. The molecule has 0 radical (unpaired) electrons. The number of nitrogens with two attached hydrogens (primary N) is 1. The Bertz CT molecular complexity index is 1740. The SMILES string of the molecule is C[C@@H]1CN([C@@H]2CCN(c3ncc4c5c(c(-c6ncc(F)c7sc(N)c(C#N)c67)c(F)c4n3)COC5)C2)C[C@H](C)N1C. The lowest BCUT2D eigenvalue weighted by molar-refractivity contribution is 0.0388. The number of ether oxygens (including phenoxy) is 1. The Morgan fingerprint density at radius 2 is 1.85 bits per heavy atom. The van der Waals surface area contributed by atoms with Crippen LogP contribution in [0.4, 0.5) is 19.7 Å². The highest BCUT2D eigenvalue weighted by atomic mass is 32.1. The maximum atomic E-state index is 16.6. The lowest BCUT2D eigenvalue weighted by Gasteiger charge is -2.44. The van der Waals surface area contributed by atoms with Gasteiger partial charge in [0.05, 0.1) is 35.4 Å². The minimum Gasteiger partial charge on any atom is -0.389 e. The molecule has 2 N–H and O–H groups in total. The summed E-state index contributed by atoms with van der Waals surface area (Å²) in [5.74, 6) is -0.707. The largest absolute Gasteiger partial charge is 0.389 e. The van der Waals surface area contributed by atoms with Crippen molar-refractivity contribution in [2.75, 3.05) is 43.9 Å². The Kier molecular flexibility index (Phi) is 6.31. The molecule has 0 amide bonds. The van der Waals surface area contributed by atoms with Crippen LogP contribution in [0.15, 0.2) is 12.4 Å². The van der Waals surface area contributed by atoms with E-state index in [0.717, 1.165) is 55.7 Å². The van der Waals surface area contributed by atoms with Crippen molar-refractivity contribution in [3.8, 4) is 17.3 Å². The van der Waals surface area contributed by atoms with E-state index in [9.17, 15) is 9.65 Å². The molecule has 1 aromatic carbocycles. The average Bonchev–Trinajstić information content (AvgIpc) is 3.71. The van der Waals surface area contributed by atoms with Gasteiger partial charge in [0.2, 0.25) is 5.95 Å². The zero-order chi connectivity index (χ0) is 28.6. The molecule has 7 rings (SSSR count). The summed E-state index contributed by atoms with van der Waals surface area (Å²) >= 11 is 0.961. The van der Waals surface area contributed by atoms with Gasteiger partial charge in [-0.3, -0.25) is 14.8 Å². The molecule has 3 aliphatic rings. The summed E-state index contributed by atoms with van der Waals surface area (Å²) in [4.78, 5) is 20.8. The minimum atomic E-state index is -0.603. The number of fused-ring (bicyclic) bond motifs is 4. The zero-order valence-electron chi connectivity index (χ0n) is 23.1. The number of likely N-dealkylation sites (N-methyl/N-ethyl adjacent to an activating group) is 1. The summed E-state index contributed by atoms with van der Waals surface area (Å²) < 4.78 is 37.3. The number of nitrogen functional groups attached to an aromatic ring is 1. The van der Waals surface area contributed by atoms with E-state index in [4.69, 9.17) is 15.5 Å². The third-order valence-electron chi connectivity index (χ3n) is 9.08. The first kappa shape index (κ1) is 26.4. The van der Waals surface area contributed by atoms with Crippen molar-refractivity contribution in [1.82, 2.24) is 24.8 Å². The fourth-order valence-electron chi connectivity index (χ4n) is 6.66. The van der Waals surface area contributed by atoms with E-state index >= 15 is 4.39 Å². The maximum Gasteiger partial charge on any atom is 0.226 e. The third kappa shape index (κ3) is 4.06. The van der Waals surface area contributed by atoms with Crippen LogP contribution in [-0.4, -0.2) is 76.1 Å². The van der Waals surface area contributed by atoms with Gasteiger partial charge >= 0.3 is 0 Å². The van der Waals surface area contributed by atoms with E-state index in [-0.39, 0.29) is 50.6 Å². The van der Waals surface area contributed by atoms with Crippen LogP contribution in [0.5, 0.6) is 0 Å². The van der Waals surface area contributed by atoms with Crippen LogP contribution < -0.4 is 10.6 Å². The number of hydrogen-bond acceptors (Lipinski definition) is 10. The molecule has 3 aromatic heterocycles. The van der Waals surface area contributed by atoms with Crippen LogP contribution in [0.1, 0.15) is 37.0 Å². The number of rotatable bonds is 3. The van der Waals surface area contributed by atoms with Crippen molar-refractivity contribution in [3.05, 3.63) is 40.7 Å². The molecule has 4 aromatic rings. The molecule has 9 nitrogen and oxygen atoms in total. The van der Waals surface area contributed by atoms with E-state index in [0.29, 0.717) is 35.0 Å².